The molecule has 0 atom stereocenters. The number of hydrogen-bond donors (Lipinski definition) is 2. The molecule has 3 N–H and O–H groups in total. The van der Waals surface area contributed by atoms with E-state index >= 15 is 0 Å². The lowest BCUT2D eigenvalue weighted by atomic mass is 10.1. The fourth-order valence-corrected chi connectivity index (χ4v) is 2.65. The minimum absolute atomic E-state index is 0.651. The molecule has 0 aliphatic carbocycles. The van der Waals surface area contributed by atoms with E-state index in [4.69, 9.17) is 15.5 Å². The standard InChI is InChI=1S/C19H22N4O.2C2H6/c1-13-6-7-14(11-18(13)24-2)16-12-17-15(5-3-9-21-17)19(23-16)22-10-4-8-20;2*1-2/h3,5-7,9,11-12H,4,8,10,20H2,1-2H3,(H,22,23);2*1-2H3. The highest BCUT2D eigenvalue weighted by molar-refractivity contribution is 5.92. The van der Waals surface area contributed by atoms with Crippen molar-refractivity contribution in [3.8, 4) is 17.0 Å². The van der Waals surface area contributed by atoms with Crippen molar-refractivity contribution in [1.82, 2.24) is 9.97 Å². The molecule has 2 aromatic heterocycles. The number of nitrogens with zero attached hydrogens (tertiary/aromatic N) is 2. The van der Waals surface area contributed by atoms with Crippen LogP contribution in [0.1, 0.15) is 39.7 Å². The van der Waals surface area contributed by atoms with Gasteiger partial charge in [-0.25, -0.2) is 4.98 Å². The van der Waals surface area contributed by atoms with Crippen molar-refractivity contribution in [2.24, 2.45) is 5.73 Å². The minimum Gasteiger partial charge on any atom is -0.496 e. The second-order valence-electron chi connectivity index (χ2n) is 5.68. The molecule has 5 nitrogen and oxygen atoms in total. The Morgan fingerprint density at radius 1 is 1.07 bits per heavy atom. The summed E-state index contributed by atoms with van der Waals surface area (Å²) in [7, 11) is 1.68. The van der Waals surface area contributed by atoms with Gasteiger partial charge in [0.1, 0.15) is 11.6 Å². The van der Waals surface area contributed by atoms with Gasteiger partial charge >= 0.3 is 0 Å². The lowest BCUT2D eigenvalue weighted by Gasteiger charge is -2.12. The average Bonchev–Trinajstić information content (AvgIpc) is 2.77. The number of nitrogens with two attached hydrogens (primary N) is 1. The molecular formula is C23H34N4O. The Morgan fingerprint density at radius 3 is 2.50 bits per heavy atom. The number of pyridine rings is 2. The number of ether oxygens (including phenoxy) is 1. The van der Waals surface area contributed by atoms with E-state index in [1.54, 1.807) is 13.3 Å². The highest BCUT2D eigenvalue weighted by Crippen LogP contribution is 2.30. The van der Waals surface area contributed by atoms with Crippen LogP contribution in [0.2, 0.25) is 0 Å². The van der Waals surface area contributed by atoms with Crippen LogP contribution in [-0.4, -0.2) is 30.2 Å². The largest absolute Gasteiger partial charge is 0.496 e. The first-order chi connectivity index (χ1) is 13.7. The van der Waals surface area contributed by atoms with E-state index in [0.717, 1.165) is 52.3 Å². The average molecular weight is 383 g/mol. The highest BCUT2D eigenvalue weighted by atomic mass is 16.5. The van der Waals surface area contributed by atoms with Gasteiger partial charge in [0.15, 0.2) is 0 Å². The second kappa shape index (κ2) is 12.7. The van der Waals surface area contributed by atoms with Crippen LogP contribution in [0.15, 0.2) is 42.6 Å². The summed E-state index contributed by atoms with van der Waals surface area (Å²) < 4.78 is 5.43. The summed E-state index contributed by atoms with van der Waals surface area (Å²) >= 11 is 0. The number of aryl methyl sites for hydroxylation is 1. The summed E-state index contributed by atoms with van der Waals surface area (Å²) in [6.07, 6.45) is 2.69. The van der Waals surface area contributed by atoms with Crippen LogP contribution in [0.25, 0.3) is 22.2 Å². The number of benzene rings is 1. The molecule has 0 amide bonds. The van der Waals surface area contributed by atoms with Crippen molar-refractivity contribution in [3.05, 3.63) is 48.2 Å². The Kier molecular flexibility index (Phi) is 10.6. The van der Waals surface area contributed by atoms with Crippen LogP contribution in [-0.2, 0) is 0 Å². The molecule has 0 saturated heterocycles. The summed E-state index contributed by atoms with van der Waals surface area (Å²) in [5.74, 6) is 1.69. The number of fused-ring (bicyclic) bond motifs is 1. The van der Waals surface area contributed by atoms with Gasteiger partial charge in [0, 0.05) is 23.7 Å². The van der Waals surface area contributed by atoms with Gasteiger partial charge in [-0.05, 0) is 49.7 Å². The van der Waals surface area contributed by atoms with Crippen molar-refractivity contribution in [2.45, 2.75) is 41.0 Å². The number of aromatic nitrogens is 2. The number of hydrogen-bond acceptors (Lipinski definition) is 5. The number of rotatable bonds is 6. The Labute approximate surface area is 169 Å². The fourth-order valence-electron chi connectivity index (χ4n) is 2.65. The van der Waals surface area contributed by atoms with Crippen molar-refractivity contribution in [2.75, 3.05) is 25.5 Å². The molecule has 0 bridgehead atoms. The molecule has 1 aromatic carbocycles. The summed E-state index contributed by atoms with van der Waals surface area (Å²) in [6, 6.07) is 12.1. The maximum absolute atomic E-state index is 5.59. The highest BCUT2D eigenvalue weighted by Gasteiger charge is 2.10. The van der Waals surface area contributed by atoms with Crippen LogP contribution in [0, 0.1) is 6.92 Å². The molecule has 0 radical (unpaired) electrons. The van der Waals surface area contributed by atoms with Gasteiger partial charge < -0.3 is 15.8 Å². The Balaban J connectivity index is 0.000000921. The van der Waals surface area contributed by atoms with Gasteiger partial charge in [0.2, 0.25) is 0 Å². The third-order valence-corrected chi connectivity index (χ3v) is 3.98. The summed E-state index contributed by atoms with van der Waals surface area (Å²) in [4.78, 5) is 9.28. The summed E-state index contributed by atoms with van der Waals surface area (Å²) in [5, 5.41) is 4.39. The Hall–Kier alpha value is -2.66. The molecule has 0 saturated carbocycles. The fraction of sp³-hybridized carbons (Fsp3) is 0.391. The van der Waals surface area contributed by atoms with Gasteiger partial charge in [0.25, 0.3) is 0 Å². The molecule has 0 aliphatic rings. The predicted octanol–water partition coefficient (Wildman–Crippen LogP) is 5.43. The van der Waals surface area contributed by atoms with E-state index in [-0.39, 0.29) is 0 Å². The molecule has 28 heavy (non-hydrogen) atoms. The SMILES string of the molecule is CC.CC.COc1cc(-c2cc3ncccc3c(NCCCN)n2)ccc1C. The van der Waals surface area contributed by atoms with Crippen molar-refractivity contribution in [1.29, 1.82) is 0 Å². The third-order valence-electron chi connectivity index (χ3n) is 3.98. The van der Waals surface area contributed by atoms with E-state index in [2.05, 4.69) is 16.4 Å². The summed E-state index contributed by atoms with van der Waals surface area (Å²) in [5.41, 5.74) is 9.47. The lowest BCUT2D eigenvalue weighted by Crippen LogP contribution is -2.10. The number of anilines is 1. The first-order valence-corrected chi connectivity index (χ1v) is 10.1. The molecule has 0 spiro atoms. The maximum atomic E-state index is 5.59. The van der Waals surface area contributed by atoms with E-state index in [0.29, 0.717) is 6.54 Å². The van der Waals surface area contributed by atoms with E-state index < -0.39 is 0 Å². The summed E-state index contributed by atoms with van der Waals surface area (Å²) in [6.45, 7) is 11.5. The third kappa shape index (κ3) is 5.92. The molecule has 0 aliphatic heterocycles. The quantitative estimate of drug-likeness (QED) is 0.556. The van der Waals surface area contributed by atoms with Gasteiger partial charge in [-0.3, -0.25) is 4.98 Å². The molecule has 0 unspecified atom stereocenters. The van der Waals surface area contributed by atoms with Crippen LogP contribution >= 0.6 is 0 Å². The first kappa shape index (κ1) is 23.4. The number of methoxy groups -OCH3 is 1. The molecule has 3 rings (SSSR count). The maximum Gasteiger partial charge on any atom is 0.136 e. The van der Waals surface area contributed by atoms with Gasteiger partial charge in [-0.15, -0.1) is 0 Å². The van der Waals surface area contributed by atoms with Crippen LogP contribution in [0.4, 0.5) is 5.82 Å². The van der Waals surface area contributed by atoms with Gasteiger partial charge in [-0.1, -0.05) is 39.8 Å². The zero-order valence-electron chi connectivity index (χ0n) is 18.0. The van der Waals surface area contributed by atoms with Crippen molar-refractivity contribution >= 4 is 16.7 Å². The zero-order chi connectivity index (χ0) is 20.9. The van der Waals surface area contributed by atoms with Gasteiger partial charge in [-0.2, -0.15) is 0 Å². The van der Waals surface area contributed by atoms with Crippen LogP contribution in [0.3, 0.4) is 0 Å². The van der Waals surface area contributed by atoms with Crippen LogP contribution < -0.4 is 15.8 Å². The monoisotopic (exact) mass is 382 g/mol. The number of nitrogens with one attached hydrogen (secondary N) is 1. The minimum atomic E-state index is 0.651. The van der Waals surface area contributed by atoms with Crippen molar-refractivity contribution in [3.63, 3.8) is 0 Å². The van der Waals surface area contributed by atoms with Gasteiger partial charge in [0.05, 0.1) is 18.3 Å². The lowest BCUT2D eigenvalue weighted by molar-refractivity contribution is 0.412. The smallest absolute Gasteiger partial charge is 0.136 e. The predicted molar refractivity (Wildman–Crippen MR) is 121 cm³/mol. The first-order valence-electron chi connectivity index (χ1n) is 10.1. The molecule has 2 heterocycles. The normalized spacial score (nSPS) is 9.68. The zero-order valence-corrected chi connectivity index (χ0v) is 18.0. The molecule has 152 valence electrons. The van der Waals surface area contributed by atoms with E-state index in [1.807, 2.05) is 65.0 Å². The van der Waals surface area contributed by atoms with E-state index in [9.17, 15) is 0 Å². The second-order valence-corrected chi connectivity index (χ2v) is 5.68. The molecule has 0 fully saturated rings. The Bertz CT molecular complexity index is 849. The molecular weight excluding hydrogens is 348 g/mol. The Morgan fingerprint density at radius 2 is 1.82 bits per heavy atom. The topological polar surface area (TPSA) is 73.1 Å². The van der Waals surface area contributed by atoms with E-state index in [1.165, 1.54) is 0 Å². The van der Waals surface area contributed by atoms with Crippen LogP contribution in [0.5, 0.6) is 5.75 Å². The molecule has 3 aromatic rings. The van der Waals surface area contributed by atoms with Crippen molar-refractivity contribution < 1.29 is 4.74 Å². The molecule has 5 heteroatoms.